The van der Waals surface area contributed by atoms with Gasteiger partial charge in [0.15, 0.2) is 11.5 Å². The number of sulfonamides is 2. The number of hydrogen-bond acceptors (Lipinski definition) is 7. The zero-order valence-corrected chi connectivity index (χ0v) is 19.1. The summed E-state index contributed by atoms with van der Waals surface area (Å²) in [4.78, 5) is 0.549. The third-order valence-electron chi connectivity index (χ3n) is 3.54. The molecule has 0 bridgehead atoms. The maximum absolute atomic E-state index is 12.6. The van der Waals surface area contributed by atoms with Crippen molar-refractivity contribution >= 4 is 47.3 Å². The lowest BCUT2D eigenvalue weighted by molar-refractivity contribution is 0.353. The van der Waals surface area contributed by atoms with E-state index in [1.165, 1.54) is 46.5 Å². The Morgan fingerprint density at radius 3 is 2.22 bits per heavy atom. The summed E-state index contributed by atoms with van der Waals surface area (Å²) in [6, 6.07) is 5.88. The smallest absolute Gasteiger partial charge is 0.252 e. The second kappa shape index (κ2) is 8.45. The van der Waals surface area contributed by atoms with Crippen LogP contribution in [0.5, 0.6) is 11.5 Å². The van der Waals surface area contributed by atoms with E-state index in [2.05, 4.69) is 20.7 Å². The van der Waals surface area contributed by atoms with Gasteiger partial charge in [-0.1, -0.05) is 0 Å². The Hall–Kier alpha value is -1.18. The average Bonchev–Trinajstić information content (AvgIpc) is 3.09. The molecule has 0 spiro atoms. The largest absolute Gasteiger partial charge is 0.493 e. The summed E-state index contributed by atoms with van der Waals surface area (Å²) in [5, 5.41) is 0. The van der Waals surface area contributed by atoms with Crippen molar-refractivity contribution < 1.29 is 26.3 Å². The van der Waals surface area contributed by atoms with E-state index >= 15 is 0 Å². The number of ether oxygens (including phenoxy) is 2. The van der Waals surface area contributed by atoms with Gasteiger partial charge in [0.2, 0.25) is 10.0 Å². The number of methoxy groups -OCH3 is 2. The molecule has 0 atom stereocenters. The highest BCUT2D eigenvalue weighted by Gasteiger charge is 2.23. The highest BCUT2D eigenvalue weighted by molar-refractivity contribution is 9.10. The minimum Gasteiger partial charge on any atom is -0.493 e. The topological polar surface area (TPSA) is 102 Å². The first kappa shape index (κ1) is 22.1. The quantitative estimate of drug-likeness (QED) is 0.598. The minimum absolute atomic E-state index is 0.0159. The van der Waals surface area contributed by atoms with Crippen molar-refractivity contribution in [1.29, 1.82) is 0 Å². The van der Waals surface area contributed by atoms with Crippen molar-refractivity contribution in [1.82, 2.24) is 9.03 Å². The van der Waals surface area contributed by atoms with Crippen molar-refractivity contribution in [3.8, 4) is 11.5 Å². The van der Waals surface area contributed by atoms with Crippen molar-refractivity contribution in [2.45, 2.75) is 15.6 Å². The predicted molar refractivity (Wildman–Crippen MR) is 106 cm³/mol. The Bertz CT molecular complexity index is 1030. The van der Waals surface area contributed by atoms with Gasteiger partial charge < -0.3 is 9.47 Å². The highest BCUT2D eigenvalue weighted by atomic mass is 79.9. The maximum atomic E-state index is 12.6. The molecule has 1 N–H and O–H groups in total. The number of hydrogen-bond donors (Lipinski definition) is 1. The number of thiophene rings is 1. The van der Waals surface area contributed by atoms with Crippen LogP contribution in [-0.2, 0) is 26.6 Å². The van der Waals surface area contributed by atoms with Crippen molar-refractivity contribution in [2.24, 2.45) is 0 Å². The highest BCUT2D eigenvalue weighted by Crippen LogP contribution is 2.35. The monoisotopic (exact) mass is 498 g/mol. The van der Waals surface area contributed by atoms with Gasteiger partial charge in [-0.3, -0.25) is 0 Å². The van der Waals surface area contributed by atoms with Gasteiger partial charge in [-0.25, -0.2) is 25.9 Å². The molecule has 12 heteroatoms. The Morgan fingerprint density at radius 2 is 1.67 bits per heavy atom. The van der Waals surface area contributed by atoms with Crippen molar-refractivity contribution in [2.75, 3.05) is 28.3 Å². The van der Waals surface area contributed by atoms with Crippen LogP contribution in [0.2, 0.25) is 0 Å². The number of nitrogens with one attached hydrogen (secondary N) is 1. The normalized spacial score (nSPS) is 12.4. The Labute approximate surface area is 171 Å². The van der Waals surface area contributed by atoms with Gasteiger partial charge >= 0.3 is 0 Å². The molecular weight excluding hydrogens is 480 g/mol. The van der Waals surface area contributed by atoms with E-state index in [4.69, 9.17) is 9.47 Å². The zero-order valence-electron chi connectivity index (χ0n) is 15.0. The molecule has 2 aromatic rings. The van der Waals surface area contributed by atoms with E-state index in [1.807, 2.05) is 0 Å². The molecule has 0 saturated carbocycles. The molecular formula is C15H19BrN2O6S3. The summed E-state index contributed by atoms with van der Waals surface area (Å²) >= 11 is 4.23. The molecule has 1 aromatic carbocycles. The lowest BCUT2D eigenvalue weighted by Crippen LogP contribution is -2.23. The van der Waals surface area contributed by atoms with E-state index in [1.54, 1.807) is 6.07 Å². The number of halogens is 1. The van der Waals surface area contributed by atoms with Gasteiger partial charge in [0.1, 0.15) is 9.10 Å². The van der Waals surface area contributed by atoms with Gasteiger partial charge in [0.05, 0.1) is 14.2 Å². The summed E-state index contributed by atoms with van der Waals surface area (Å²) in [7, 11) is -1.69. The summed E-state index contributed by atoms with van der Waals surface area (Å²) in [5.74, 6) is 0.664. The van der Waals surface area contributed by atoms with Crippen LogP contribution in [0.3, 0.4) is 0 Å². The first-order valence-corrected chi connectivity index (χ1v) is 12.0. The van der Waals surface area contributed by atoms with Crippen LogP contribution in [0.15, 0.2) is 37.8 Å². The van der Waals surface area contributed by atoms with Crippen LogP contribution in [0.25, 0.3) is 0 Å². The van der Waals surface area contributed by atoms with Gasteiger partial charge in [-0.05, 0) is 34.1 Å². The summed E-state index contributed by atoms with van der Waals surface area (Å²) in [5.41, 5.74) is 0. The zero-order chi connectivity index (χ0) is 20.4. The fourth-order valence-electron chi connectivity index (χ4n) is 2.06. The molecule has 8 nitrogen and oxygen atoms in total. The number of nitrogens with zero attached hydrogens (tertiary/aromatic N) is 1. The Morgan fingerprint density at radius 1 is 1.07 bits per heavy atom. The maximum Gasteiger partial charge on any atom is 0.252 e. The molecule has 0 amide bonds. The lowest BCUT2D eigenvalue weighted by Gasteiger charge is -2.13. The second-order valence-electron chi connectivity index (χ2n) is 5.47. The molecule has 0 unspecified atom stereocenters. The fourth-order valence-corrected chi connectivity index (χ4v) is 6.65. The standard InChI is InChI=1S/C15H19BrN2O6S3/c1-18(2)27(21,22)15-6-5-10(25-15)9-17-26(19,20)14-8-13(24-4)12(23-3)7-11(14)16/h5-8,17H,9H2,1-4H3. The van der Waals surface area contributed by atoms with Crippen molar-refractivity contribution in [3.05, 3.63) is 33.6 Å². The molecule has 0 fully saturated rings. The van der Waals surface area contributed by atoms with Gasteiger partial charge in [0, 0.05) is 36.1 Å². The van der Waals surface area contributed by atoms with E-state index in [0.717, 1.165) is 15.6 Å². The van der Waals surface area contributed by atoms with Crippen LogP contribution < -0.4 is 14.2 Å². The van der Waals surface area contributed by atoms with E-state index < -0.39 is 20.0 Å². The first-order valence-electron chi connectivity index (χ1n) is 7.45. The van der Waals surface area contributed by atoms with Crippen molar-refractivity contribution in [3.63, 3.8) is 0 Å². The fraction of sp³-hybridized carbons (Fsp3) is 0.333. The van der Waals surface area contributed by atoms with Crippen LogP contribution in [-0.4, -0.2) is 49.5 Å². The van der Waals surface area contributed by atoms with Crippen LogP contribution >= 0.6 is 27.3 Å². The molecule has 0 aliphatic heterocycles. The first-order chi connectivity index (χ1) is 12.5. The average molecular weight is 499 g/mol. The molecule has 0 aliphatic rings. The molecule has 1 aromatic heterocycles. The SMILES string of the molecule is COc1cc(Br)c(S(=O)(=O)NCc2ccc(S(=O)(=O)N(C)C)s2)cc1OC. The van der Waals surface area contributed by atoms with Gasteiger partial charge in [-0.2, -0.15) is 0 Å². The summed E-state index contributed by atoms with van der Waals surface area (Å²) in [6.45, 7) is -0.0449. The molecule has 0 radical (unpaired) electrons. The van der Waals surface area contributed by atoms with Gasteiger partial charge in [0.25, 0.3) is 10.0 Å². The third-order valence-corrected chi connectivity index (χ3v) is 9.26. The second-order valence-corrected chi connectivity index (χ2v) is 11.6. The van der Waals surface area contributed by atoms with E-state index in [9.17, 15) is 16.8 Å². The molecule has 27 heavy (non-hydrogen) atoms. The predicted octanol–water partition coefficient (Wildman–Crippen LogP) is 2.26. The molecule has 2 rings (SSSR count). The molecule has 0 saturated heterocycles. The summed E-state index contributed by atoms with van der Waals surface area (Å²) in [6.07, 6.45) is 0. The lowest BCUT2D eigenvalue weighted by atomic mass is 10.3. The van der Waals surface area contributed by atoms with Gasteiger partial charge in [-0.15, -0.1) is 11.3 Å². The van der Waals surface area contributed by atoms with Crippen LogP contribution in [0.4, 0.5) is 0 Å². The Kier molecular flexibility index (Phi) is 6.92. The number of rotatable bonds is 8. The molecule has 150 valence electrons. The van der Waals surface area contributed by atoms with E-state index in [-0.39, 0.29) is 21.4 Å². The minimum atomic E-state index is -3.87. The van der Waals surface area contributed by atoms with Crippen LogP contribution in [0, 0.1) is 0 Å². The summed E-state index contributed by atoms with van der Waals surface area (Å²) < 4.78 is 63.8. The van der Waals surface area contributed by atoms with E-state index in [0.29, 0.717) is 15.1 Å². The van der Waals surface area contributed by atoms with Crippen LogP contribution in [0.1, 0.15) is 4.88 Å². The third kappa shape index (κ3) is 4.81. The number of benzene rings is 1. The molecule has 0 aliphatic carbocycles. The Balaban J connectivity index is 2.25. The molecule has 1 heterocycles.